The Bertz CT molecular complexity index is 313. The van der Waals surface area contributed by atoms with Crippen molar-refractivity contribution in [2.24, 2.45) is 0 Å². The summed E-state index contributed by atoms with van der Waals surface area (Å²) in [6, 6.07) is 3.47. The largest absolute Gasteiger partial charge is 0.328 e. The topological polar surface area (TPSA) is 66.9 Å². The summed E-state index contributed by atoms with van der Waals surface area (Å²) in [6.07, 6.45) is 0.111. The molecule has 0 aliphatic heterocycles. The third-order valence-corrected chi connectivity index (χ3v) is 2.07. The third kappa shape index (κ3) is 1.53. The van der Waals surface area contributed by atoms with Gasteiger partial charge in [0, 0.05) is 0 Å². The van der Waals surface area contributed by atoms with E-state index in [0.29, 0.717) is 5.56 Å². The highest BCUT2D eigenvalue weighted by Crippen LogP contribution is 2.25. The van der Waals surface area contributed by atoms with Gasteiger partial charge < -0.3 is 0 Å². The van der Waals surface area contributed by atoms with E-state index in [4.69, 9.17) is 5.26 Å². The van der Waals surface area contributed by atoms with Crippen molar-refractivity contribution in [1.82, 2.24) is 0 Å². The zero-order chi connectivity index (χ0) is 8.27. The number of hydrogen-bond acceptors (Lipinski definition) is 4. The molecule has 0 aliphatic rings. The minimum Gasteiger partial charge on any atom is -0.258 e. The van der Waals surface area contributed by atoms with Gasteiger partial charge in [0.15, 0.2) is 0 Å². The van der Waals surface area contributed by atoms with E-state index in [1.165, 1.54) is 0 Å². The number of nitro groups is 1. The fourth-order valence-corrected chi connectivity index (χ4v) is 1.45. The Morgan fingerprint density at radius 3 is 3.09 bits per heavy atom. The lowest BCUT2D eigenvalue weighted by Crippen LogP contribution is -1.88. The molecule has 0 N–H and O–H groups in total. The van der Waals surface area contributed by atoms with E-state index in [1.807, 2.05) is 6.07 Å². The van der Waals surface area contributed by atoms with Crippen molar-refractivity contribution in [1.29, 1.82) is 5.26 Å². The molecule has 0 unspecified atom stereocenters. The van der Waals surface area contributed by atoms with E-state index in [-0.39, 0.29) is 11.4 Å². The smallest absolute Gasteiger partial charge is 0.258 e. The second kappa shape index (κ2) is 3.12. The maximum atomic E-state index is 10.3. The highest BCUT2D eigenvalue weighted by atomic mass is 32.1. The van der Waals surface area contributed by atoms with Gasteiger partial charge in [0.2, 0.25) is 0 Å². The molecule has 0 amide bonds. The number of nitriles is 1. The van der Waals surface area contributed by atoms with Crippen LogP contribution in [0.15, 0.2) is 11.4 Å². The summed E-state index contributed by atoms with van der Waals surface area (Å²) >= 11 is 1.05. The first kappa shape index (κ1) is 7.69. The van der Waals surface area contributed by atoms with Crippen LogP contribution in [-0.2, 0) is 6.42 Å². The summed E-state index contributed by atoms with van der Waals surface area (Å²) in [6.45, 7) is 0. The zero-order valence-electron chi connectivity index (χ0n) is 5.48. The van der Waals surface area contributed by atoms with Crippen molar-refractivity contribution in [2.45, 2.75) is 6.42 Å². The van der Waals surface area contributed by atoms with E-state index in [9.17, 15) is 10.1 Å². The Morgan fingerprint density at radius 2 is 2.55 bits per heavy atom. The summed E-state index contributed by atoms with van der Waals surface area (Å²) in [5.41, 5.74) is 0.502. The normalized spacial score (nSPS) is 9.00. The molecule has 5 heteroatoms. The predicted molar refractivity (Wildman–Crippen MR) is 40.3 cm³/mol. The van der Waals surface area contributed by atoms with Crippen LogP contribution in [0.4, 0.5) is 5.00 Å². The molecule has 11 heavy (non-hydrogen) atoms. The quantitative estimate of drug-likeness (QED) is 0.498. The Kier molecular flexibility index (Phi) is 2.18. The molecule has 1 heterocycles. The van der Waals surface area contributed by atoms with Crippen LogP contribution >= 0.6 is 11.3 Å². The summed E-state index contributed by atoms with van der Waals surface area (Å²) in [5.74, 6) is 0. The average molecular weight is 168 g/mol. The van der Waals surface area contributed by atoms with Crippen molar-refractivity contribution in [3.63, 3.8) is 0 Å². The van der Waals surface area contributed by atoms with Crippen LogP contribution < -0.4 is 0 Å². The SMILES string of the molecule is N#CCc1ccsc1[N+](=O)[O-]. The molecule has 0 aliphatic carbocycles. The van der Waals surface area contributed by atoms with Crippen molar-refractivity contribution < 1.29 is 4.92 Å². The standard InChI is InChI=1S/C6H4N2O2S/c7-3-1-5-2-4-11-6(5)8(9)10/h2,4H,1H2. The van der Waals surface area contributed by atoms with Crippen LogP contribution in [0, 0.1) is 21.4 Å². The lowest BCUT2D eigenvalue weighted by Gasteiger charge is -1.86. The molecule has 1 rings (SSSR count). The van der Waals surface area contributed by atoms with Gasteiger partial charge in [-0.3, -0.25) is 10.1 Å². The Hall–Kier alpha value is -1.41. The summed E-state index contributed by atoms with van der Waals surface area (Å²) < 4.78 is 0. The molecule has 4 nitrogen and oxygen atoms in total. The summed E-state index contributed by atoms with van der Waals surface area (Å²) in [4.78, 5) is 9.80. The molecule has 0 bridgehead atoms. The third-order valence-electron chi connectivity index (χ3n) is 1.16. The van der Waals surface area contributed by atoms with Crippen molar-refractivity contribution in [2.75, 3.05) is 0 Å². The number of thiophene rings is 1. The minimum atomic E-state index is -0.461. The van der Waals surface area contributed by atoms with E-state index in [2.05, 4.69) is 0 Å². The Balaban J connectivity index is 2.98. The minimum absolute atomic E-state index is 0.0755. The molecule has 1 aromatic heterocycles. The van der Waals surface area contributed by atoms with Gasteiger partial charge in [-0.05, 0) is 11.4 Å². The van der Waals surface area contributed by atoms with E-state index in [1.54, 1.807) is 11.4 Å². The molecule has 0 radical (unpaired) electrons. The van der Waals surface area contributed by atoms with Crippen LogP contribution in [0.25, 0.3) is 0 Å². The monoisotopic (exact) mass is 168 g/mol. The van der Waals surface area contributed by atoms with Gasteiger partial charge in [-0.1, -0.05) is 11.3 Å². The first-order chi connectivity index (χ1) is 5.25. The van der Waals surface area contributed by atoms with Gasteiger partial charge in [-0.15, -0.1) is 0 Å². The average Bonchev–Trinajstić information content (AvgIpc) is 2.36. The van der Waals surface area contributed by atoms with Gasteiger partial charge >= 0.3 is 5.00 Å². The second-order valence-corrected chi connectivity index (χ2v) is 2.74. The maximum absolute atomic E-state index is 10.3. The van der Waals surface area contributed by atoms with Gasteiger partial charge in [0.25, 0.3) is 0 Å². The van der Waals surface area contributed by atoms with Crippen LogP contribution in [-0.4, -0.2) is 4.92 Å². The summed E-state index contributed by atoms with van der Waals surface area (Å²) in [5, 5.41) is 20.2. The molecule has 0 spiro atoms. The maximum Gasteiger partial charge on any atom is 0.328 e. The van der Waals surface area contributed by atoms with Crippen LogP contribution in [0.3, 0.4) is 0 Å². The van der Waals surface area contributed by atoms with Crippen LogP contribution in [0.5, 0.6) is 0 Å². The lowest BCUT2D eigenvalue weighted by molar-refractivity contribution is -0.380. The van der Waals surface area contributed by atoms with Crippen molar-refractivity contribution in [3.8, 4) is 6.07 Å². The molecule has 56 valence electrons. The Labute approximate surface area is 66.8 Å². The van der Waals surface area contributed by atoms with Crippen molar-refractivity contribution in [3.05, 3.63) is 27.1 Å². The number of rotatable bonds is 2. The molecule has 0 aromatic carbocycles. The molecular formula is C6H4N2O2S. The van der Waals surface area contributed by atoms with Crippen molar-refractivity contribution >= 4 is 16.3 Å². The first-order valence-corrected chi connectivity index (χ1v) is 3.71. The fourth-order valence-electron chi connectivity index (χ4n) is 0.708. The molecule has 0 saturated heterocycles. The van der Waals surface area contributed by atoms with Gasteiger partial charge in [0.05, 0.1) is 23.0 Å². The van der Waals surface area contributed by atoms with E-state index in [0.717, 1.165) is 11.3 Å². The zero-order valence-corrected chi connectivity index (χ0v) is 6.30. The second-order valence-electron chi connectivity index (χ2n) is 1.84. The van der Waals surface area contributed by atoms with E-state index < -0.39 is 4.92 Å². The van der Waals surface area contributed by atoms with Crippen LogP contribution in [0.1, 0.15) is 5.56 Å². The molecule has 0 fully saturated rings. The van der Waals surface area contributed by atoms with Crippen LogP contribution in [0.2, 0.25) is 0 Å². The van der Waals surface area contributed by atoms with Gasteiger partial charge in [-0.2, -0.15) is 5.26 Å². The van der Waals surface area contributed by atoms with E-state index >= 15 is 0 Å². The van der Waals surface area contributed by atoms with Gasteiger partial charge in [-0.25, -0.2) is 0 Å². The summed E-state index contributed by atoms with van der Waals surface area (Å²) in [7, 11) is 0. The number of hydrogen-bond donors (Lipinski definition) is 0. The molecule has 0 atom stereocenters. The molecule has 0 saturated carbocycles. The first-order valence-electron chi connectivity index (χ1n) is 2.83. The molecular weight excluding hydrogens is 164 g/mol. The fraction of sp³-hybridized carbons (Fsp3) is 0.167. The highest BCUT2D eigenvalue weighted by molar-refractivity contribution is 7.13. The lowest BCUT2D eigenvalue weighted by atomic mass is 10.2. The van der Waals surface area contributed by atoms with Gasteiger partial charge in [0.1, 0.15) is 0 Å². The number of nitrogens with zero attached hydrogens (tertiary/aromatic N) is 2. The molecule has 1 aromatic rings. The highest BCUT2D eigenvalue weighted by Gasteiger charge is 2.13. The Morgan fingerprint density at radius 1 is 1.82 bits per heavy atom. The predicted octanol–water partition coefficient (Wildman–Crippen LogP) is 1.72.